The van der Waals surface area contributed by atoms with Crippen molar-refractivity contribution in [1.29, 1.82) is 0 Å². The first-order valence-electron chi connectivity index (χ1n) is 9.03. The van der Waals surface area contributed by atoms with E-state index in [4.69, 9.17) is 0 Å². The van der Waals surface area contributed by atoms with Gasteiger partial charge in [0.05, 0.1) is 0 Å². The van der Waals surface area contributed by atoms with Gasteiger partial charge in [-0.3, -0.25) is 4.79 Å². The summed E-state index contributed by atoms with van der Waals surface area (Å²) in [6.45, 7) is 6.50. The van der Waals surface area contributed by atoms with E-state index in [0.717, 1.165) is 24.4 Å². The van der Waals surface area contributed by atoms with Crippen LogP contribution in [0.25, 0.3) is 11.4 Å². The van der Waals surface area contributed by atoms with Gasteiger partial charge in [0.15, 0.2) is 0 Å². The highest BCUT2D eigenvalue weighted by Gasteiger charge is 2.15. The fourth-order valence-corrected chi connectivity index (χ4v) is 3.22. The number of carbonyl (C=O) groups excluding carboxylic acids is 1. The highest BCUT2D eigenvalue weighted by molar-refractivity contribution is 5.75. The van der Waals surface area contributed by atoms with Crippen LogP contribution in [-0.2, 0) is 11.3 Å². The number of amides is 1. The topological polar surface area (TPSA) is 75.9 Å². The lowest BCUT2D eigenvalue weighted by atomic mass is 10.0. The molecule has 2 heterocycles. The molecule has 0 spiro atoms. The van der Waals surface area contributed by atoms with Crippen molar-refractivity contribution in [1.82, 2.24) is 30.4 Å². The fraction of sp³-hybridized carbons (Fsp3) is 0.556. The number of hydrogen-bond donors (Lipinski definition) is 1. The van der Waals surface area contributed by atoms with Gasteiger partial charge in [-0.25, -0.2) is 0 Å². The molecule has 134 valence electrons. The van der Waals surface area contributed by atoms with Gasteiger partial charge in [-0.1, -0.05) is 37.3 Å². The Morgan fingerprint density at radius 1 is 1.32 bits per heavy atom. The van der Waals surface area contributed by atoms with Crippen LogP contribution in [0.3, 0.4) is 0 Å². The van der Waals surface area contributed by atoms with Crippen molar-refractivity contribution < 1.29 is 4.79 Å². The van der Waals surface area contributed by atoms with Crippen molar-refractivity contribution in [3.8, 4) is 11.4 Å². The largest absolute Gasteiger partial charge is 0.354 e. The molecule has 7 nitrogen and oxygen atoms in total. The number of tetrazole rings is 1. The van der Waals surface area contributed by atoms with Crippen molar-refractivity contribution in [2.75, 3.05) is 26.2 Å². The predicted octanol–water partition coefficient (Wildman–Crippen LogP) is 1.58. The van der Waals surface area contributed by atoms with Gasteiger partial charge in [0.2, 0.25) is 11.7 Å². The number of aromatic nitrogens is 4. The molecule has 1 N–H and O–H groups in total. The van der Waals surface area contributed by atoms with E-state index in [1.165, 1.54) is 30.7 Å². The summed E-state index contributed by atoms with van der Waals surface area (Å²) in [7, 11) is 0. The van der Waals surface area contributed by atoms with E-state index in [-0.39, 0.29) is 12.5 Å². The van der Waals surface area contributed by atoms with Gasteiger partial charge >= 0.3 is 0 Å². The molecule has 0 bridgehead atoms. The molecule has 1 aliphatic rings. The van der Waals surface area contributed by atoms with E-state index in [2.05, 4.69) is 32.6 Å². The Bertz CT molecular complexity index is 671. The molecule has 1 atom stereocenters. The first-order chi connectivity index (χ1) is 12.2. The molecule has 1 aliphatic heterocycles. The van der Waals surface area contributed by atoms with E-state index in [0.29, 0.717) is 12.4 Å². The number of nitrogens with one attached hydrogen (secondary N) is 1. The summed E-state index contributed by atoms with van der Waals surface area (Å²) in [6, 6.07) is 9.62. The third-order valence-corrected chi connectivity index (χ3v) is 4.48. The molecule has 2 aromatic rings. The second-order valence-electron chi connectivity index (χ2n) is 6.76. The molecular formula is C18H26N6O. The zero-order chi connectivity index (χ0) is 17.5. The summed E-state index contributed by atoms with van der Waals surface area (Å²) in [5, 5.41) is 15.1. The molecule has 1 unspecified atom stereocenters. The number of nitrogens with zero attached hydrogens (tertiary/aromatic N) is 5. The van der Waals surface area contributed by atoms with Gasteiger partial charge in [0.1, 0.15) is 6.54 Å². The summed E-state index contributed by atoms with van der Waals surface area (Å²) < 4.78 is 0. The van der Waals surface area contributed by atoms with Crippen molar-refractivity contribution >= 4 is 5.91 Å². The minimum atomic E-state index is -0.0796. The van der Waals surface area contributed by atoms with E-state index in [1.54, 1.807) is 0 Å². The summed E-state index contributed by atoms with van der Waals surface area (Å²) >= 11 is 0. The Balaban J connectivity index is 1.37. The van der Waals surface area contributed by atoms with Crippen LogP contribution in [-0.4, -0.2) is 57.2 Å². The maximum Gasteiger partial charge on any atom is 0.243 e. The fourth-order valence-electron chi connectivity index (χ4n) is 3.22. The molecule has 1 aromatic heterocycles. The normalized spacial score (nSPS) is 18.2. The molecule has 1 fully saturated rings. The van der Waals surface area contributed by atoms with Gasteiger partial charge in [0, 0.05) is 18.7 Å². The average molecular weight is 342 g/mol. The molecule has 1 aromatic carbocycles. The van der Waals surface area contributed by atoms with Crippen molar-refractivity contribution in [2.45, 2.75) is 32.7 Å². The Kier molecular flexibility index (Phi) is 6.11. The molecule has 3 rings (SSSR count). The first kappa shape index (κ1) is 17.5. The van der Waals surface area contributed by atoms with Crippen LogP contribution in [0.1, 0.15) is 26.2 Å². The summed E-state index contributed by atoms with van der Waals surface area (Å²) in [4.78, 5) is 15.8. The number of hydrogen-bond acceptors (Lipinski definition) is 5. The standard InChI is InChI=1S/C18H26N6O/c1-15-7-5-11-23(13-15)12-6-10-19-17(25)14-24-21-18(20-22-24)16-8-3-2-4-9-16/h2-4,8-9,15H,5-7,10-14H2,1H3,(H,19,25). The van der Waals surface area contributed by atoms with Gasteiger partial charge in [-0.2, -0.15) is 4.80 Å². The molecule has 0 saturated carbocycles. The molecule has 1 saturated heterocycles. The van der Waals surface area contributed by atoms with Gasteiger partial charge in [-0.05, 0) is 43.5 Å². The minimum Gasteiger partial charge on any atom is -0.354 e. The lowest BCUT2D eigenvalue weighted by molar-refractivity contribution is -0.122. The zero-order valence-electron chi connectivity index (χ0n) is 14.8. The van der Waals surface area contributed by atoms with Gasteiger partial charge in [-0.15, -0.1) is 10.2 Å². The van der Waals surface area contributed by atoms with Crippen molar-refractivity contribution in [3.63, 3.8) is 0 Å². The second kappa shape index (κ2) is 8.71. The first-order valence-corrected chi connectivity index (χ1v) is 9.03. The van der Waals surface area contributed by atoms with Crippen molar-refractivity contribution in [2.24, 2.45) is 5.92 Å². The third kappa shape index (κ3) is 5.35. The predicted molar refractivity (Wildman–Crippen MR) is 95.7 cm³/mol. The Morgan fingerprint density at radius 3 is 2.96 bits per heavy atom. The van der Waals surface area contributed by atoms with Crippen LogP contribution in [0.4, 0.5) is 0 Å². The second-order valence-corrected chi connectivity index (χ2v) is 6.76. The molecule has 0 aliphatic carbocycles. The lowest BCUT2D eigenvalue weighted by Crippen LogP contribution is -2.37. The molecule has 0 radical (unpaired) electrons. The number of rotatable bonds is 7. The Hall–Kier alpha value is -2.28. The SMILES string of the molecule is CC1CCCN(CCCNC(=O)Cn2nnc(-c3ccccc3)n2)C1. The average Bonchev–Trinajstić information content (AvgIpc) is 3.08. The summed E-state index contributed by atoms with van der Waals surface area (Å²) in [6.07, 6.45) is 3.59. The van der Waals surface area contributed by atoms with E-state index < -0.39 is 0 Å². The van der Waals surface area contributed by atoms with Crippen LogP contribution in [0.2, 0.25) is 0 Å². The smallest absolute Gasteiger partial charge is 0.243 e. The van der Waals surface area contributed by atoms with Crippen molar-refractivity contribution in [3.05, 3.63) is 30.3 Å². The molecule has 25 heavy (non-hydrogen) atoms. The van der Waals surface area contributed by atoms with E-state index in [9.17, 15) is 4.79 Å². The summed E-state index contributed by atoms with van der Waals surface area (Å²) in [5.74, 6) is 1.25. The summed E-state index contributed by atoms with van der Waals surface area (Å²) in [5.41, 5.74) is 0.893. The molecular weight excluding hydrogens is 316 g/mol. The number of benzene rings is 1. The quantitative estimate of drug-likeness (QED) is 0.773. The number of piperidine rings is 1. The Morgan fingerprint density at radius 2 is 2.16 bits per heavy atom. The molecule has 7 heteroatoms. The van der Waals surface area contributed by atoms with Crippen LogP contribution in [0, 0.1) is 5.92 Å². The maximum absolute atomic E-state index is 12.0. The molecule has 1 amide bonds. The van der Waals surface area contributed by atoms with Crippen LogP contribution in [0.15, 0.2) is 30.3 Å². The van der Waals surface area contributed by atoms with Gasteiger partial charge in [0.25, 0.3) is 0 Å². The highest BCUT2D eigenvalue weighted by Crippen LogP contribution is 2.15. The maximum atomic E-state index is 12.0. The van der Waals surface area contributed by atoms with Crippen LogP contribution >= 0.6 is 0 Å². The lowest BCUT2D eigenvalue weighted by Gasteiger charge is -2.30. The number of carbonyl (C=O) groups is 1. The highest BCUT2D eigenvalue weighted by atomic mass is 16.2. The number of likely N-dealkylation sites (tertiary alicyclic amines) is 1. The Labute approximate surface area is 148 Å². The van der Waals surface area contributed by atoms with Crippen LogP contribution in [0.5, 0.6) is 0 Å². The van der Waals surface area contributed by atoms with Crippen LogP contribution < -0.4 is 5.32 Å². The van der Waals surface area contributed by atoms with E-state index in [1.807, 2.05) is 30.3 Å². The third-order valence-electron chi connectivity index (χ3n) is 4.48. The van der Waals surface area contributed by atoms with E-state index >= 15 is 0 Å². The monoisotopic (exact) mass is 342 g/mol. The van der Waals surface area contributed by atoms with Gasteiger partial charge < -0.3 is 10.2 Å². The zero-order valence-corrected chi connectivity index (χ0v) is 14.8. The minimum absolute atomic E-state index is 0.0796.